The summed E-state index contributed by atoms with van der Waals surface area (Å²) in [6.07, 6.45) is -0.506. The second-order valence-corrected chi connectivity index (χ2v) is 5.63. The van der Waals surface area contributed by atoms with Gasteiger partial charge in [-0.1, -0.05) is 6.07 Å². The average Bonchev–Trinajstić information content (AvgIpc) is 2.92. The lowest BCUT2D eigenvalue weighted by Crippen LogP contribution is -2.27. The molecule has 3 N–H and O–H groups in total. The zero-order valence-electron chi connectivity index (χ0n) is 11.6. The highest BCUT2D eigenvalue weighted by atomic mass is 32.1. The molecule has 106 valence electrons. The lowest BCUT2D eigenvalue weighted by molar-refractivity contribution is -0.127. The molecule has 0 aliphatic rings. The molecule has 5 heteroatoms. The summed E-state index contributed by atoms with van der Waals surface area (Å²) < 4.78 is 5.56. The monoisotopic (exact) mass is 290 g/mol. The number of carbonyl (C=O) groups is 1. The van der Waals surface area contributed by atoms with Crippen molar-refractivity contribution in [2.75, 3.05) is 11.1 Å². The molecule has 2 rings (SSSR count). The quantitative estimate of drug-likeness (QED) is 0.831. The number of anilines is 2. The van der Waals surface area contributed by atoms with Crippen molar-refractivity contribution in [1.82, 2.24) is 0 Å². The van der Waals surface area contributed by atoms with Crippen LogP contribution in [-0.4, -0.2) is 12.0 Å². The minimum Gasteiger partial charge on any atom is -0.399 e. The maximum atomic E-state index is 12.0. The minimum absolute atomic E-state index is 0.158. The predicted molar refractivity (Wildman–Crippen MR) is 82.8 cm³/mol. The van der Waals surface area contributed by atoms with Crippen LogP contribution in [0.25, 0.3) is 0 Å². The van der Waals surface area contributed by atoms with Crippen LogP contribution < -0.4 is 11.1 Å². The van der Waals surface area contributed by atoms with Gasteiger partial charge in [-0.2, -0.15) is 0 Å². The Bertz CT molecular complexity index is 582. The molecule has 0 saturated heterocycles. The number of nitrogens with two attached hydrogens (primary N) is 1. The summed E-state index contributed by atoms with van der Waals surface area (Å²) in [4.78, 5) is 13.2. The average molecular weight is 290 g/mol. The van der Waals surface area contributed by atoms with E-state index in [1.807, 2.05) is 30.5 Å². The van der Waals surface area contributed by atoms with E-state index in [1.54, 1.807) is 30.4 Å². The Hall–Kier alpha value is -1.85. The van der Waals surface area contributed by atoms with E-state index in [0.717, 1.165) is 16.1 Å². The van der Waals surface area contributed by atoms with Gasteiger partial charge in [0.2, 0.25) is 0 Å². The first-order chi connectivity index (χ1) is 9.56. The molecule has 0 bridgehead atoms. The molecular weight excluding hydrogens is 272 g/mol. The van der Waals surface area contributed by atoms with E-state index in [-0.39, 0.29) is 5.91 Å². The number of rotatable bonds is 5. The zero-order chi connectivity index (χ0) is 14.5. The summed E-state index contributed by atoms with van der Waals surface area (Å²) >= 11 is 1.61. The Kier molecular flexibility index (Phi) is 4.76. The van der Waals surface area contributed by atoms with Gasteiger partial charge in [-0.25, -0.2) is 0 Å². The fourth-order valence-electron chi connectivity index (χ4n) is 1.74. The molecular formula is C15H18N2O2S. The van der Waals surface area contributed by atoms with Gasteiger partial charge >= 0.3 is 0 Å². The van der Waals surface area contributed by atoms with E-state index in [9.17, 15) is 4.79 Å². The number of nitrogen functional groups attached to an aromatic ring is 1. The van der Waals surface area contributed by atoms with Gasteiger partial charge in [0.25, 0.3) is 5.91 Å². The van der Waals surface area contributed by atoms with Gasteiger partial charge in [-0.15, -0.1) is 11.3 Å². The highest BCUT2D eigenvalue weighted by Crippen LogP contribution is 2.18. The zero-order valence-corrected chi connectivity index (χ0v) is 12.4. The number of hydrogen-bond acceptors (Lipinski definition) is 4. The molecule has 4 nitrogen and oxygen atoms in total. The molecule has 1 atom stereocenters. The number of thiophene rings is 1. The predicted octanol–water partition coefficient (Wildman–Crippen LogP) is 3.18. The number of aryl methyl sites for hydroxylation is 1. The summed E-state index contributed by atoms with van der Waals surface area (Å²) in [5, 5.41) is 4.84. The Morgan fingerprint density at radius 1 is 1.45 bits per heavy atom. The van der Waals surface area contributed by atoms with Gasteiger partial charge in [0, 0.05) is 16.3 Å². The maximum Gasteiger partial charge on any atom is 0.253 e. The molecule has 1 aromatic heterocycles. The number of nitrogens with one attached hydrogen (secondary N) is 1. The smallest absolute Gasteiger partial charge is 0.253 e. The van der Waals surface area contributed by atoms with E-state index >= 15 is 0 Å². The minimum atomic E-state index is -0.506. The molecule has 0 aliphatic heterocycles. The molecule has 0 aliphatic carbocycles. The lowest BCUT2D eigenvalue weighted by Gasteiger charge is -2.14. The standard InChI is InChI=1S/C15H18N2O2S/c1-10-8-12(16)5-6-14(10)17-15(18)11(2)19-9-13-4-3-7-20-13/h3-8,11H,9,16H2,1-2H3,(H,17,18). The summed E-state index contributed by atoms with van der Waals surface area (Å²) in [7, 11) is 0. The normalized spacial score (nSPS) is 12.1. The Labute approximate surface area is 122 Å². The molecule has 1 unspecified atom stereocenters. The SMILES string of the molecule is Cc1cc(N)ccc1NC(=O)C(C)OCc1cccs1. The number of ether oxygens (including phenoxy) is 1. The van der Waals surface area contributed by atoms with Crippen LogP contribution in [0.5, 0.6) is 0 Å². The van der Waals surface area contributed by atoms with Gasteiger partial charge < -0.3 is 15.8 Å². The first-order valence-electron chi connectivity index (χ1n) is 6.37. The van der Waals surface area contributed by atoms with E-state index in [4.69, 9.17) is 10.5 Å². The number of amides is 1. The molecule has 0 fully saturated rings. The molecule has 1 aromatic carbocycles. The van der Waals surface area contributed by atoms with Gasteiger partial charge in [0.15, 0.2) is 0 Å². The highest BCUT2D eigenvalue weighted by molar-refractivity contribution is 7.09. The van der Waals surface area contributed by atoms with Crippen LogP contribution in [0.1, 0.15) is 17.4 Å². The van der Waals surface area contributed by atoms with E-state index in [0.29, 0.717) is 12.3 Å². The Morgan fingerprint density at radius 2 is 2.25 bits per heavy atom. The number of carbonyl (C=O) groups excluding carboxylic acids is 1. The van der Waals surface area contributed by atoms with Crippen LogP contribution >= 0.6 is 11.3 Å². The summed E-state index contributed by atoms with van der Waals surface area (Å²) in [5.41, 5.74) is 8.06. The molecule has 1 amide bonds. The second-order valence-electron chi connectivity index (χ2n) is 4.60. The van der Waals surface area contributed by atoms with Crippen molar-refractivity contribution in [3.63, 3.8) is 0 Å². The maximum absolute atomic E-state index is 12.0. The van der Waals surface area contributed by atoms with Crippen molar-refractivity contribution in [2.45, 2.75) is 26.6 Å². The van der Waals surface area contributed by atoms with Crippen LogP contribution in [0.3, 0.4) is 0 Å². The van der Waals surface area contributed by atoms with Gasteiger partial charge in [-0.3, -0.25) is 4.79 Å². The third kappa shape index (κ3) is 3.82. The molecule has 20 heavy (non-hydrogen) atoms. The molecule has 0 radical (unpaired) electrons. The third-order valence-electron chi connectivity index (χ3n) is 2.93. The highest BCUT2D eigenvalue weighted by Gasteiger charge is 2.14. The number of benzene rings is 1. The van der Waals surface area contributed by atoms with Crippen molar-refractivity contribution in [2.24, 2.45) is 0 Å². The Morgan fingerprint density at radius 3 is 2.90 bits per heavy atom. The van der Waals surface area contributed by atoms with Gasteiger partial charge in [0.05, 0.1) is 6.61 Å². The van der Waals surface area contributed by atoms with Crippen LogP contribution in [0, 0.1) is 6.92 Å². The van der Waals surface area contributed by atoms with Crippen molar-refractivity contribution in [3.8, 4) is 0 Å². The second kappa shape index (κ2) is 6.54. The Balaban J connectivity index is 1.90. The summed E-state index contributed by atoms with van der Waals surface area (Å²) in [6.45, 7) is 4.10. The summed E-state index contributed by atoms with van der Waals surface area (Å²) in [5.74, 6) is -0.158. The van der Waals surface area contributed by atoms with Crippen molar-refractivity contribution in [3.05, 3.63) is 46.2 Å². The molecule has 0 saturated carbocycles. The molecule has 2 aromatic rings. The number of hydrogen-bond donors (Lipinski definition) is 2. The van der Waals surface area contributed by atoms with Crippen LogP contribution in [0.2, 0.25) is 0 Å². The largest absolute Gasteiger partial charge is 0.399 e. The fourth-order valence-corrected chi connectivity index (χ4v) is 2.36. The van der Waals surface area contributed by atoms with Gasteiger partial charge in [0.1, 0.15) is 6.10 Å². The lowest BCUT2D eigenvalue weighted by atomic mass is 10.1. The van der Waals surface area contributed by atoms with E-state index in [1.165, 1.54) is 0 Å². The van der Waals surface area contributed by atoms with E-state index in [2.05, 4.69) is 5.32 Å². The first kappa shape index (κ1) is 14.6. The van der Waals surface area contributed by atoms with Crippen LogP contribution in [-0.2, 0) is 16.1 Å². The fraction of sp³-hybridized carbons (Fsp3) is 0.267. The van der Waals surface area contributed by atoms with Crippen molar-refractivity contribution >= 4 is 28.6 Å². The van der Waals surface area contributed by atoms with Crippen LogP contribution in [0.15, 0.2) is 35.7 Å². The van der Waals surface area contributed by atoms with Crippen molar-refractivity contribution < 1.29 is 9.53 Å². The third-order valence-corrected chi connectivity index (χ3v) is 3.78. The first-order valence-corrected chi connectivity index (χ1v) is 7.25. The van der Waals surface area contributed by atoms with Crippen LogP contribution in [0.4, 0.5) is 11.4 Å². The van der Waals surface area contributed by atoms with Gasteiger partial charge in [-0.05, 0) is 49.1 Å². The summed E-state index contributed by atoms with van der Waals surface area (Å²) in [6, 6.07) is 9.34. The molecule has 0 spiro atoms. The van der Waals surface area contributed by atoms with Crippen molar-refractivity contribution in [1.29, 1.82) is 0 Å². The van der Waals surface area contributed by atoms with E-state index < -0.39 is 6.10 Å². The topological polar surface area (TPSA) is 64.3 Å². The molecule has 1 heterocycles.